The first kappa shape index (κ1) is 14.5. The number of carbonyl (C=O) groups excluding carboxylic acids is 2. The van der Waals surface area contributed by atoms with Crippen LogP contribution < -0.4 is 4.90 Å². The van der Waals surface area contributed by atoms with Crippen molar-refractivity contribution in [3.8, 4) is 0 Å². The van der Waals surface area contributed by atoms with E-state index in [9.17, 15) is 9.59 Å². The van der Waals surface area contributed by atoms with Crippen LogP contribution in [-0.2, 0) is 9.53 Å². The smallest absolute Gasteiger partial charge is 0.328 e. The number of anilines is 1. The SMILES string of the molecule is CCOC(=O)C1CCCN1c1ccc(C(=O)CC)nc1. The Morgan fingerprint density at radius 1 is 1.40 bits per heavy atom. The molecule has 1 saturated heterocycles. The predicted octanol–water partition coefficient (Wildman–Crippen LogP) is 2.21. The maximum atomic E-state index is 11.9. The summed E-state index contributed by atoms with van der Waals surface area (Å²) < 4.78 is 5.10. The third-order valence-electron chi connectivity index (χ3n) is 3.50. The van der Waals surface area contributed by atoms with Crippen LogP contribution in [0, 0.1) is 0 Å². The highest BCUT2D eigenvalue weighted by atomic mass is 16.5. The van der Waals surface area contributed by atoms with Gasteiger partial charge in [0.25, 0.3) is 0 Å². The molecule has 1 fully saturated rings. The number of carbonyl (C=O) groups is 2. The average Bonchev–Trinajstić information content (AvgIpc) is 2.96. The second-order valence-electron chi connectivity index (χ2n) is 4.78. The van der Waals surface area contributed by atoms with E-state index in [1.54, 1.807) is 12.3 Å². The number of aromatic nitrogens is 1. The van der Waals surface area contributed by atoms with E-state index in [4.69, 9.17) is 4.74 Å². The highest BCUT2D eigenvalue weighted by molar-refractivity contribution is 5.94. The number of nitrogens with zero attached hydrogens (tertiary/aromatic N) is 2. The van der Waals surface area contributed by atoms with Crippen LogP contribution in [0.2, 0.25) is 0 Å². The Hall–Kier alpha value is -1.91. The molecule has 1 aliphatic rings. The van der Waals surface area contributed by atoms with Gasteiger partial charge >= 0.3 is 5.97 Å². The minimum Gasteiger partial charge on any atom is -0.464 e. The molecule has 0 spiro atoms. The maximum Gasteiger partial charge on any atom is 0.328 e. The van der Waals surface area contributed by atoms with Crippen LogP contribution in [0.4, 0.5) is 5.69 Å². The van der Waals surface area contributed by atoms with Crippen molar-refractivity contribution >= 4 is 17.4 Å². The molecule has 108 valence electrons. The number of hydrogen-bond donors (Lipinski definition) is 0. The van der Waals surface area contributed by atoms with Crippen molar-refractivity contribution < 1.29 is 14.3 Å². The Balaban J connectivity index is 2.14. The van der Waals surface area contributed by atoms with E-state index in [0.717, 1.165) is 25.1 Å². The van der Waals surface area contributed by atoms with Gasteiger partial charge in [-0.1, -0.05) is 6.92 Å². The molecule has 0 amide bonds. The zero-order valence-corrected chi connectivity index (χ0v) is 12.0. The van der Waals surface area contributed by atoms with Crippen molar-refractivity contribution in [1.82, 2.24) is 4.98 Å². The third-order valence-corrected chi connectivity index (χ3v) is 3.50. The van der Waals surface area contributed by atoms with E-state index in [0.29, 0.717) is 18.7 Å². The zero-order valence-electron chi connectivity index (χ0n) is 12.0. The van der Waals surface area contributed by atoms with Gasteiger partial charge in [-0.3, -0.25) is 9.78 Å². The van der Waals surface area contributed by atoms with Crippen LogP contribution in [0.25, 0.3) is 0 Å². The van der Waals surface area contributed by atoms with Crippen molar-refractivity contribution in [1.29, 1.82) is 0 Å². The van der Waals surface area contributed by atoms with Gasteiger partial charge in [0.2, 0.25) is 0 Å². The quantitative estimate of drug-likeness (QED) is 0.609. The Morgan fingerprint density at radius 3 is 2.80 bits per heavy atom. The van der Waals surface area contributed by atoms with E-state index < -0.39 is 0 Å². The van der Waals surface area contributed by atoms with Gasteiger partial charge in [-0.2, -0.15) is 0 Å². The van der Waals surface area contributed by atoms with Crippen molar-refractivity contribution in [3.05, 3.63) is 24.0 Å². The van der Waals surface area contributed by atoms with Gasteiger partial charge in [0.15, 0.2) is 5.78 Å². The van der Waals surface area contributed by atoms with Gasteiger partial charge in [0.1, 0.15) is 11.7 Å². The Labute approximate surface area is 118 Å². The van der Waals surface area contributed by atoms with Gasteiger partial charge in [0, 0.05) is 13.0 Å². The Bertz CT molecular complexity index is 484. The summed E-state index contributed by atoms with van der Waals surface area (Å²) in [7, 11) is 0. The second-order valence-corrected chi connectivity index (χ2v) is 4.78. The molecule has 0 saturated carbocycles. The molecule has 0 N–H and O–H groups in total. The van der Waals surface area contributed by atoms with E-state index in [1.807, 2.05) is 24.8 Å². The van der Waals surface area contributed by atoms with Crippen LogP contribution in [0.5, 0.6) is 0 Å². The lowest BCUT2D eigenvalue weighted by Gasteiger charge is -2.24. The topological polar surface area (TPSA) is 59.5 Å². The third kappa shape index (κ3) is 2.98. The van der Waals surface area contributed by atoms with Gasteiger partial charge in [-0.25, -0.2) is 4.79 Å². The zero-order chi connectivity index (χ0) is 14.5. The van der Waals surface area contributed by atoms with Crippen LogP contribution in [0.15, 0.2) is 18.3 Å². The number of esters is 1. The molecule has 0 aromatic carbocycles. The van der Waals surface area contributed by atoms with Gasteiger partial charge in [-0.05, 0) is 31.9 Å². The van der Waals surface area contributed by atoms with Crippen molar-refractivity contribution in [2.75, 3.05) is 18.1 Å². The molecule has 1 aliphatic heterocycles. The first-order valence-corrected chi connectivity index (χ1v) is 7.09. The summed E-state index contributed by atoms with van der Waals surface area (Å²) in [5.74, 6) is -0.154. The molecule has 5 nitrogen and oxygen atoms in total. The predicted molar refractivity (Wildman–Crippen MR) is 75.9 cm³/mol. The standard InChI is InChI=1S/C15H20N2O3/c1-3-14(18)12-8-7-11(10-16-12)17-9-5-6-13(17)15(19)20-4-2/h7-8,10,13H,3-6,9H2,1-2H3. The largest absolute Gasteiger partial charge is 0.464 e. The number of rotatable bonds is 5. The molecular weight excluding hydrogens is 256 g/mol. The number of ketones is 1. The highest BCUT2D eigenvalue weighted by Gasteiger charge is 2.32. The Kier molecular flexibility index (Phi) is 4.71. The average molecular weight is 276 g/mol. The van der Waals surface area contributed by atoms with Crippen LogP contribution in [-0.4, -0.2) is 35.9 Å². The summed E-state index contributed by atoms with van der Waals surface area (Å²) in [5.41, 5.74) is 1.34. The van der Waals surface area contributed by atoms with Crippen LogP contribution >= 0.6 is 0 Å². The van der Waals surface area contributed by atoms with Crippen molar-refractivity contribution in [3.63, 3.8) is 0 Å². The molecule has 2 heterocycles. The molecule has 0 aliphatic carbocycles. The summed E-state index contributed by atoms with van der Waals surface area (Å²) in [6, 6.07) is 3.35. The fourth-order valence-electron chi connectivity index (χ4n) is 2.46. The lowest BCUT2D eigenvalue weighted by molar-refractivity contribution is -0.144. The fourth-order valence-corrected chi connectivity index (χ4v) is 2.46. The molecule has 0 radical (unpaired) electrons. The summed E-state index contributed by atoms with van der Waals surface area (Å²) in [6.07, 6.45) is 3.87. The minimum atomic E-state index is -0.232. The highest BCUT2D eigenvalue weighted by Crippen LogP contribution is 2.26. The molecular formula is C15H20N2O3. The van der Waals surface area contributed by atoms with Crippen LogP contribution in [0.1, 0.15) is 43.6 Å². The normalized spacial score (nSPS) is 18.1. The summed E-state index contributed by atoms with van der Waals surface area (Å²) in [6.45, 7) is 4.83. The summed E-state index contributed by atoms with van der Waals surface area (Å²) >= 11 is 0. The first-order chi connectivity index (χ1) is 9.67. The van der Waals surface area contributed by atoms with E-state index in [-0.39, 0.29) is 17.8 Å². The molecule has 1 unspecified atom stereocenters. The van der Waals surface area contributed by atoms with Crippen molar-refractivity contribution in [2.45, 2.75) is 39.2 Å². The number of ether oxygens (including phenoxy) is 1. The van der Waals surface area contributed by atoms with E-state index in [1.165, 1.54) is 0 Å². The number of hydrogen-bond acceptors (Lipinski definition) is 5. The fraction of sp³-hybridized carbons (Fsp3) is 0.533. The Morgan fingerprint density at radius 2 is 2.20 bits per heavy atom. The summed E-state index contributed by atoms with van der Waals surface area (Å²) in [5, 5.41) is 0. The molecule has 20 heavy (non-hydrogen) atoms. The number of Topliss-reactive ketones (excluding diaryl/α,β-unsaturated/α-hetero) is 1. The van der Waals surface area contributed by atoms with Gasteiger partial charge in [0.05, 0.1) is 18.5 Å². The van der Waals surface area contributed by atoms with Gasteiger partial charge < -0.3 is 9.64 Å². The van der Waals surface area contributed by atoms with Gasteiger partial charge in [-0.15, -0.1) is 0 Å². The van der Waals surface area contributed by atoms with E-state index in [2.05, 4.69) is 4.98 Å². The lowest BCUT2D eigenvalue weighted by Crippen LogP contribution is -2.37. The summed E-state index contributed by atoms with van der Waals surface area (Å²) in [4.78, 5) is 29.7. The minimum absolute atomic E-state index is 0.0277. The molecule has 2 rings (SSSR count). The number of pyridine rings is 1. The lowest BCUT2D eigenvalue weighted by atomic mass is 10.2. The molecule has 5 heteroatoms. The molecule has 0 bridgehead atoms. The van der Waals surface area contributed by atoms with E-state index >= 15 is 0 Å². The van der Waals surface area contributed by atoms with Crippen molar-refractivity contribution in [2.24, 2.45) is 0 Å². The first-order valence-electron chi connectivity index (χ1n) is 7.09. The second kappa shape index (κ2) is 6.50. The molecule has 1 aromatic rings. The monoisotopic (exact) mass is 276 g/mol. The molecule has 1 atom stereocenters. The molecule has 1 aromatic heterocycles. The maximum absolute atomic E-state index is 11.9. The van der Waals surface area contributed by atoms with Crippen LogP contribution in [0.3, 0.4) is 0 Å².